The predicted molar refractivity (Wildman–Crippen MR) is 79.9 cm³/mol. The van der Waals surface area contributed by atoms with Gasteiger partial charge in [0.1, 0.15) is 18.2 Å². The van der Waals surface area contributed by atoms with Crippen molar-refractivity contribution < 1.29 is 17.5 Å². The molecule has 0 amide bonds. The maximum Gasteiger partial charge on any atom is 0.175 e. The van der Waals surface area contributed by atoms with Crippen molar-refractivity contribution in [2.24, 2.45) is 0 Å². The van der Waals surface area contributed by atoms with Crippen LogP contribution in [0.15, 0.2) is 53.4 Å². The van der Waals surface area contributed by atoms with Gasteiger partial charge in [-0.3, -0.25) is 0 Å². The smallest absolute Gasteiger partial charge is 0.175 e. The van der Waals surface area contributed by atoms with Crippen LogP contribution >= 0.6 is 0 Å². The molecule has 0 aromatic heterocycles. The summed E-state index contributed by atoms with van der Waals surface area (Å²) in [5.41, 5.74) is 0.695. The summed E-state index contributed by atoms with van der Waals surface area (Å²) in [5.74, 6) is 0.114. The zero-order valence-corrected chi connectivity index (χ0v) is 12.4. The summed E-state index contributed by atoms with van der Waals surface area (Å²) in [6.07, 6.45) is 1.17. The number of hydrogen-bond donors (Lipinski definition) is 1. The number of benzene rings is 2. The van der Waals surface area contributed by atoms with E-state index in [0.29, 0.717) is 24.6 Å². The minimum atomic E-state index is -3.22. The summed E-state index contributed by atoms with van der Waals surface area (Å²) in [6.45, 7) is 0.816. The fourth-order valence-electron chi connectivity index (χ4n) is 1.76. The third-order valence-electron chi connectivity index (χ3n) is 2.76. The lowest BCUT2D eigenvalue weighted by molar-refractivity contribution is 0.331. The lowest BCUT2D eigenvalue weighted by Gasteiger charge is -2.09. The normalized spacial score (nSPS) is 11.1. The van der Waals surface area contributed by atoms with Gasteiger partial charge in [-0.15, -0.1) is 0 Å². The molecule has 0 saturated carbocycles. The van der Waals surface area contributed by atoms with Crippen molar-refractivity contribution in [2.45, 2.75) is 4.90 Å². The van der Waals surface area contributed by atoms with Crippen LogP contribution in [0.25, 0.3) is 0 Å². The highest BCUT2D eigenvalue weighted by Gasteiger charge is 2.06. The lowest BCUT2D eigenvalue weighted by atomic mass is 10.3. The van der Waals surface area contributed by atoms with Gasteiger partial charge in [0.15, 0.2) is 9.84 Å². The molecule has 1 N–H and O–H groups in total. The Hall–Kier alpha value is -2.08. The van der Waals surface area contributed by atoms with Gasteiger partial charge in [0, 0.05) is 24.6 Å². The first-order valence-corrected chi connectivity index (χ1v) is 8.27. The van der Waals surface area contributed by atoms with Crippen molar-refractivity contribution in [1.29, 1.82) is 0 Å². The Balaban J connectivity index is 1.87. The zero-order valence-electron chi connectivity index (χ0n) is 11.5. The third kappa shape index (κ3) is 4.75. The number of rotatable bonds is 6. The molecule has 0 radical (unpaired) electrons. The molecule has 6 heteroatoms. The fraction of sp³-hybridized carbons (Fsp3) is 0.200. The van der Waals surface area contributed by atoms with Crippen LogP contribution in [0.1, 0.15) is 0 Å². The highest BCUT2D eigenvalue weighted by molar-refractivity contribution is 7.90. The van der Waals surface area contributed by atoms with Gasteiger partial charge in [-0.05, 0) is 30.3 Å². The molecule has 0 fully saturated rings. The Bertz CT molecular complexity index is 716. The van der Waals surface area contributed by atoms with Gasteiger partial charge in [0.2, 0.25) is 0 Å². The van der Waals surface area contributed by atoms with Gasteiger partial charge in [0.25, 0.3) is 0 Å². The first kappa shape index (κ1) is 15.3. The molecule has 0 heterocycles. The number of anilines is 1. The maximum absolute atomic E-state index is 12.9. The van der Waals surface area contributed by atoms with Crippen LogP contribution in [0, 0.1) is 5.82 Å². The summed E-state index contributed by atoms with van der Waals surface area (Å²) in [4.78, 5) is 0.263. The average Bonchev–Trinajstić information content (AvgIpc) is 2.43. The quantitative estimate of drug-likeness (QED) is 0.834. The molecule has 0 aliphatic rings. The molecule has 2 rings (SSSR count). The van der Waals surface area contributed by atoms with Gasteiger partial charge < -0.3 is 10.1 Å². The first-order valence-electron chi connectivity index (χ1n) is 6.37. The standard InChI is InChI=1S/C15H16FNO3S/c1-21(18,19)15-7-3-5-13(11-15)17-8-9-20-14-6-2-4-12(16)10-14/h2-7,10-11,17H,8-9H2,1H3. The molecule has 4 nitrogen and oxygen atoms in total. The maximum atomic E-state index is 12.9. The van der Waals surface area contributed by atoms with E-state index in [1.54, 1.807) is 36.4 Å². The third-order valence-corrected chi connectivity index (χ3v) is 3.87. The second kappa shape index (κ2) is 6.58. The van der Waals surface area contributed by atoms with Gasteiger partial charge in [-0.25, -0.2) is 12.8 Å². The molecular weight excluding hydrogens is 293 g/mol. The molecule has 112 valence electrons. The summed E-state index contributed by atoms with van der Waals surface area (Å²) in [5, 5.41) is 3.06. The van der Waals surface area contributed by atoms with Crippen LogP contribution in [0.5, 0.6) is 5.75 Å². The Labute approximate surface area is 123 Å². The van der Waals surface area contributed by atoms with Gasteiger partial charge >= 0.3 is 0 Å². The molecule has 0 saturated heterocycles. The van der Waals surface area contributed by atoms with Crippen molar-refractivity contribution >= 4 is 15.5 Å². The minimum Gasteiger partial charge on any atom is -0.492 e. The first-order chi connectivity index (χ1) is 9.95. The molecule has 0 atom stereocenters. The highest BCUT2D eigenvalue weighted by Crippen LogP contribution is 2.15. The van der Waals surface area contributed by atoms with Crippen molar-refractivity contribution in [1.82, 2.24) is 0 Å². The molecule has 0 bridgehead atoms. The number of ether oxygens (including phenoxy) is 1. The summed E-state index contributed by atoms with van der Waals surface area (Å²) in [6, 6.07) is 12.5. The van der Waals surface area contributed by atoms with E-state index < -0.39 is 9.84 Å². The van der Waals surface area contributed by atoms with Crippen LogP contribution in [-0.2, 0) is 9.84 Å². The van der Waals surface area contributed by atoms with Crippen LogP contribution in [0.4, 0.5) is 10.1 Å². The topological polar surface area (TPSA) is 55.4 Å². The van der Waals surface area contributed by atoms with Crippen molar-refractivity contribution in [3.05, 3.63) is 54.3 Å². The van der Waals surface area contributed by atoms with E-state index in [2.05, 4.69) is 5.32 Å². The Morgan fingerprint density at radius 3 is 2.62 bits per heavy atom. The average molecular weight is 309 g/mol. The van der Waals surface area contributed by atoms with E-state index in [-0.39, 0.29) is 10.7 Å². The monoisotopic (exact) mass is 309 g/mol. The van der Waals surface area contributed by atoms with E-state index in [4.69, 9.17) is 4.74 Å². The van der Waals surface area contributed by atoms with E-state index in [1.807, 2.05) is 0 Å². The van der Waals surface area contributed by atoms with E-state index in [9.17, 15) is 12.8 Å². The Morgan fingerprint density at radius 1 is 1.14 bits per heavy atom. The second-order valence-corrected chi connectivity index (χ2v) is 6.55. The van der Waals surface area contributed by atoms with Crippen molar-refractivity contribution in [2.75, 3.05) is 24.7 Å². The van der Waals surface area contributed by atoms with Gasteiger partial charge in [-0.2, -0.15) is 0 Å². The van der Waals surface area contributed by atoms with Crippen LogP contribution in [-0.4, -0.2) is 27.8 Å². The summed E-state index contributed by atoms with van der Waals surface area (Å²) in [7, 11) is -3.22. The molecule has 0 aliphatic carbocycles. The number of nitrogens with one attached hydrogen (secondary N) is 1. The number of halogens is 1. The van der Waals surface area contributed by atoms with E-state index in [1.165, 1.54) is 18.4 Å². The van der Waals surface area contributed by atoms with Crippen LogP contribution < -0.4 is 10.1 Å². The molecule has 0 aliphatic heterocycles. The second-order valence-electron chi connectivity index (χ2n) is 4.53. The summed E-state index contributed by atoms with van der Waals surface area (Å²) >= 11 is 0. The molecule has 0 spiro atoms. The van der Waals surface area contributed by atoms with E-state index >= 15 is 0 Å². The lowest BCUT2D eigenvalue weighted by Crippen LogP contribution is -2.11. The zero-order chi connectivity index (χ0) is 15.3. The number of sulfone groups is 1. The molecule has 0 unspecified atom stereocenters. The molecule has 2 aromatic carbocycles. The highest BCUT2D eigenvalue weighted by atomic mass is 32.2. The van der Waals surface area contributed by atoms with Gasteiger partial charge in [0.05, 0.1) is 4.90 Å². The fourth-order valence-corrected chi connectivity index (χ4v) is 2.42. The Morgan fingerprint density at radius 2 is 1.90 bits per heavy atom. The molecule has 2 aromatic rings. The Kier molecular flexibility index (Phi) is 4.80. The summed E-state index contributed by atoms with van der Waals surface area (Å²) < 4.78 is 41.2. The largest absolute Gasteiger partial charge is 0.492 e. The van der Waals surface area contributed by atoms with Gasteiger partial charge in [-0.1, -0.05) is 12.1 Å². The SMILES string of the molecule is CS(=O)(=O)c1cccc(NCCOc2cccc(F)c2)c1. The minimum absolute atomic E-state index is 0.263. The van der Waals surface area contributed by atoms with Crippen molar-refractivity contribution in [3.63, 3.8) is 0 Å². The van der Waals surface area contributed by atoms with Crippen LogP contribution in [0.3, 0.4) is 0 Å². The van der Waals surface area contributed by atoms with E-state index in [0.717, 1.165) is 0 Å². The molecule has 21 heavy (non-hydrogen) atoms. The van der Waals surface area contributed by atoms with Crippen molar-refractivity contribution in [3.8, 4) is 5.75 Å². The predicted octanol–water partition coefficient (Wildman–Crippen LogP) is 2.72. The molecular formula is C15H16FNO3S. The number of hydrogen-bond acceptors (Lipinski definition) is 4. The van der Waals surface area contributed by atoms with Crippen LogP contribution in [0.2, 0.25) is 0 Å².